The maximum Gasteiger partial charge on any atom is 0.394 e. The molecule has 0 unspecified atom stereocenters. The minimum absolute atomic E-state index is 0.118. The van der Waals surface area contributed by atoms with E-state index in [0.717, 1.165) is 5.69 Å². The molecule has 10 nitrogen and oxygen atoms in total. The van der Waals surface area contributed by atoms with Gasteiger partial charge >= 0.3 is 5.69 Å². The van der Waals surface area contributed by atoms with Gasteiger partial charge in [-0.05, 0) is 12.1 Å². The average Bonchev–Trinajstić information content (AvgIpc) is 2.52. The quantitative estimate of drug-likeness (QED) is 0.291. The third-order valence-electron chi connectivity index (χ3n) is 2.74. The molecule has 2 aromatic carbocycles. The maximum absolute atomic E-state index is 10.8. The van der Waals surface area contributed by atoms with Gasteiger partial charge in [-0.25, -0.2) is 8.42 Å². The summed E-state index contributed by atoms with van der Waals surface area (Å²) in [5.74, 6) is 0. The Kier molecular flexibility index (Phi) is 6.30. The fraction of sp³-hybridized carbons (Fsp3) is 0.0769. The molecule has 0 aliphatic carbocycles. The summed E-state index contributed by atoms with van der Waals surface area (Å²) in [4.78, 5) is 15.1. The molecule has 2 aromatic rings. The van der Waals surface area contributed by atoms with E-state index in [0.29, 0.717) is 5.69 Å². The van der Waals surface area contributed by atoms with Crippen molar-refractivity contribution in [3.05, 3.63) is 63.6 Å². The molecule has 0 spiro atoms. The van der Waals surface area contributed by atoms with Gasteiger partial charge < -0.3 is 9.45 Å². The molecule has 0 saturated heterocycles. The zero-order chi connectivity index (χ0) is 18.3. The van der Waals surface area contributed by atoms with E-state index in [2.05, 4.69) is 4.98 Å². The first kappa shape index (κ1) is 19.0. The van der Waals surface area contributed by atoms with E-state index < -0.39 is 15.3 Å². The number of hydrogen-bond donors (Lipinski definition) is 1. The summed E-state index contributed by atoms with van der Waals surface area (Å²) in [7, 11) is -3.13. The summed E-state index contributed by atoms with van der Waals surface area (Å²) in [6.07, 6.45) is 0. The standard InChI is InChI=1S/C13H11N4O2.H2O4S/c1-16(11-5-3-2-4-6-11)12-7-10(15-14)8-13(9-12)17(18)19;1-5(2,3)4/h2-9H,1H3;(H2,1,2,3,4)/q+1;/p-1. The van der Waals surface area contributed by atoms with Crippen LogP contribution >= 0.6 is 0 Å². The molecule has 0 aliphatic heterocycles. The number of anilines is 2. The van der Waals surface area contributed by atoms with Crippen LogP contribution in [0.2, 0.25) is 0 Å². The topological polar surface area (TPSA) is 152 Å². The number of non-ortho nitro benzene ring substituents is 1. The van der Waals surface area contributed by atoms with Crippen LogP contribution in [0.4, 0.5) is 22.7 Å². The van der Waals surface area contributed by atoms with Gasteiger partial charge in [0.25, 0.3) is 5.69 Å². The lowest BCUT2D eigenvalue weighted by molar-refractivity contribution is -0.384. The van der Waals surface area contributed by atoms with Crippen LogP contribution in [-0.2, 0) is 10.4 Å². The maximum atomic E-state index is 10.8. The molecule has 0 saturated carbocycles. The monoisotopic (exact) mass is 352 g/mol. The summed E-state index contributed by atoms with van der Waals surface area (Å²) in [6.45, 7) is 0. The largest absolute Gasteiger partial charge is 0.726 e. The second-order valence-electron chi connectivity index (χ2n) is 4.39. The zero-order valence-electron chi connectivity index (χ0n) is 12.3. The molecule has 2 rings (SSSR count). The van der Waals surface area contributed by atoms with Crippen molar-refractivity contribution in [3.8, 4) is 0 Å². The molecule has 11 heteroatoms. The number of rotatable bonds is 3. The Morgan fingerprint density at radius 1 is 1.17 bits per heavy atom. The molecule has 0 amide bonds. The van der Waals surface area contributed by atoms with Gasteiger partial charge in [0, 0.05) is 18.8 Å². The predicted molar refractivity (Wildman–Crippen MR) is 84.7 cm³/mol. The van der Waals surface area contributed by atoms with Gasteiger partial charge in [-0.15, -0.1) is 0 Å². The Hall–Kier alpha value is -3.07. The number of benzene rings is 2. The highest BCUT2D eigenvalue weighted by molar-refractivity contribution is 7.79. The third kappa shape index (κ3) is 6.36. The van der Waals surface area contributed by atoms with Crippen LogP contribution in [0, 0.1) is 15.5 Å². The molecule has 0 atom stereocenters. The van der Waals surface area contributed by atoms with Crippen LogP contribution in [-0.4, -0.2) is 29.5 Å². The van der Waals surface area contributed by atoms with Gasteiger partial charge in [0.1, 0.15) is 6.07 Å². The van der Waals surface area contributed by atoms with Crippen molar-refractivity contribution < 1.29 is 22.4 Å². The first-order chi connectivity index (χ1) is 11.1. The van der Waals surface area contributed by atoms with Crippen molar-refractivity contribution in [2.24, 2.45) is 0 Å². The van der Waals surface area contributed by atoms with Gasteiger partial charge in [0.2, 0.25) is 15.8 Å². The number of nitro groups is 1. The van der Waals surface area contributed by atoms with Crippen molar-refractivity contribution in [2.75, 3.05) is 11.9 Å². The van der Waals surface area contributed by atoms with Gasteiger partial charge in [0.15, 0.2) is 4.98 Å². The Morgan fingerprint density at radius 3 is 2.17 bits per heavy atom. The van der Waals surface area contributed by atoms with Crippen LogP contribution in [0.3, 0.4) is 0 Å². The lowest BCUT2D eigenvalue weighted by Crippen LogP contribution is -2.09. The molecule has 0 heterocycles. The summed E-state index contributed by atoms with van der Waals surface area (Å²) < 4.78 is 32.8. The van der Waals surface area contributed by atoms with E-state index in [1.807, 2.05) is 30.3 Å². The number of diazo groups is 1. The number of para-hydroxylation sites is 1. The van der Waals surface area contributed by atoms with E-state index in [4.69, 9.17) is 22.9 Å². The van der Waals surface area contributed by atoms with Crippen molar-refractivity contribution in [2.45, 2.75) is 0 Å². The van der Waals surface area contributed by atoms with E-state index in [9.17, 15) is 10.1 Å². The Morgan fingerprint density at radius 2 is 1.71 bits per heavy atom. The number of nitrogens with zero attached hydrogens (tertiary/aromatic N) is 4. The lowest BCUT2D eigenvalue weighted by Gasteiger charge is -2.18. The number of nitro benzene ring substituents is 1. The first-order valence-corrected chi connectivity index (χ1v) is 7.60. The molecule has 0 bridgehead atoms. The molecule has 0 aliphatic rings. The van der Waals surface area contributed by atoms with Crippen molar-refractivity contribution in [3.63, 3.8) is 0 Å². The summed E-state index contributed by atoms with van der Waals surface area (Å²) in [5.41, 5.74) is 1.49. The minimum Gasteiger partial charge on any atom is -0.726 e. The molecule has 0 fully saturated rings. The van der Waals surface area contributed by atoms with Crippen molar-refractivity contribution in [1.29, 1.82) is 5.39 Å². The fourth-order valence-electron chi connectivity index (χ4n) is 1.74. The molecule has 0 aromatic heterocycles. The van der Waals surface area contributed by atoms with Crippen LogP contribution in [0.15, 0.2) is 48.5 Å². The van der Waals surface area contributed by atoms with Crippen LogP contribution in [0.25, 0.3) is 4.98 Å². The summed E-state index contributed by atoms with van der Waals surface area (Å²) in [5, 5.41) is 19.6. The van der Waals surface area contributed by atoms with Gasteiger partial charge in [-0.2, -0.15) is 0 Å². The fourth-order valence-corrected chi connectivity index (χ4v) is 1.74. The molecule has 0 radical (unpaired) electrons. The third-order valence-corrected chi connectivity index (χ3v) is 2.74. The van der Waals surface area contributed by atoms with E-state index in [1.165, 1.54) is 12.1 Å². The van der Waals surface area contributed by atoms with Crippen LogP contribution < -0.4 is 4.90 Å². The van der Waals surface area contributed by atoms with Gasteiger partial charge in [0.05, 0.1) is 16.7 Å². The summed E-state index contributed by atoms with van der Waals surface area (Å²) in [6, 6.07) is 13.6. The SMILES string of the molecule is CN(c1ccccc1)c1cc([N+]#N)cc([N+](=O)[O-])c1.O=S(=O)([O-])O. The number of hydrogen-bond acceptors (Lipinski definition) is 7. The Labute approximate surface area is 137 Å². The molecule has 126 valence electrons. The van der Waals surface area contributed by atoms with Gasteiger partial charge in [-0.1, -0.05) is 18.2 Å². The zero-order valence-corrected chi connectivity index (χ0v) is 13.1. The summed E-state index contributed by atoms with van der Waals surface area (Å²) >= 11 is 0. The van der Waals surface area contributed by atoms with E-state index >= 15 is 0 Å². The lowest BCUT2D eigenvalue weighted by atomic mass is 10.2. The highest BCUT2D eigenvalue weighted by atomic mass is 32.3. The van der Waals surface area contributed by atoms with Crippen molar-refractivity contribution >= 4 is 33.1 Å². The second-order valence-corrected chi connectivity index (χ2v) is 5.24. The van der Waals surface area contributed by atoms with E-state index in [1.54, 1.807) is 18.0 Å². The molecular formula is C13H12N4O6S. The Balaban J connectivity index is 0.000000505. The van der Waals surface area contributed by atoms with Crippen molar-refractivity contribution in [1.82, 2.24) is 0 Å². The predicted octanol–water partition coefficient (Wildman–Crippen LogP) is 2.85. The normalized spacial score (nSPS) is 10.1. The smallest absolute Gasteiger partial charge is 0.394 e. The van der Waals surface area contributed by atoms with E-state index in [-0.39, 0.29) is 11.4 Å². The molecule has 1 N–H and O–H groups in total. The van der Waals surface area contributed by atoms with Gasteiger partial charge in [-0.3, -0.25) is 14.7 Å². The second kappa shape index (κ2) is 7.97. The highest BCUT2D eigenvalue weighted by Crippen LogP contribution is 2.31. The minimum atomic E-state index is -4.92. The first-order valence-electron chi connectivity index (χ1n) is 6.23. The van der Waals surface area contributed by atoms with Crippen LogP contribution in [0.5, 0.6) is 0 Å². The molecular weight excluding hydrogens is 340 g/mol. The highest BCUT2D eigenvalue weighted by Gasteiger charge is 2.18. The molecule has 24 heavy (non-hydrogen) atoms. The average molecular weight is 352 g/mol. The Bertz CT molecular complexity index is 856. The van der Waals surface area contributed by atoms with Crippen LogP contribution in [0.1, 0.15) is 0 Å².